The smallest absolute Gasteiger partial charge is 0.340 e. The first-order chi connectivity index (χ1) is 12.0. The Morgan fingerprint density at radius 2 is 1.60 bits per heavy atom. The van der Waals surface area contributed by atoms with Gasteiger partial charge in [0.25, 0.3) is 0 Å². The van der Waals surface area contributed by atoms with E-state index in [0.29, 0.717) is 12.6 Å². The molecule has 1 aliphatic heterocycles. The number of nitrogens with two attached hydrogens (primary N) is 1. The largest absolute Gasteiger partial charge is 0.416 e. The minimum Gasteiger partial charge on any atom is -0.340 e. The fourth-order valence-electron chi connectivity index (χ4n) is 3.52. The molecule has 0 amide bonds. The normalized spacial score (nSPS) is 21.2. The number of benzene rings is 2. The van der Waals surface area contributed by atoms with E-state index in [4.69, 9.17) is 0 Å². The zero-order valence-corrected chi connectivity index (χ0v) is 14.2. The first kappa shape index (κ1) is 18.0. The number of piperidine rings is 1. The van der Waals surface area contributed by atoms with E-state index in [2.05, 4.69) is 29.6 Å². The first-order valence-electron chi connectivity index (χ1n) is 8.87. The van der Waals surface area contributed by atoms with Crippen molar-refractivity contribution >= 4 is 0 Å². The number of alkyl halides is 3. The van der Waals surface area contributed by atoms with Gasteiger partial charge in [-0.3, -0.25) is 0 Å². The van der Waals surface area contributed by atoms with Gasteiger partial charge in [0.1, 0.15) is 13.1 Å². The lowest BCUT2D eigenvalue weighted by Crippen LogP contribution is -3.13. The summed E-state index contributed by atoms with van der Waals surface area (Å²) in [5.41, 5.74) is 1.55. The molecule has 2 nitrogen and oxygen atoms in total. The summed E-state index contributed by atoms with van der Waals surface area (Å²) in [4.78, 5) is 1.59. The van der Waals surface area contributed by atoms with E-state index in [1.54, 1.807) is 11.0 Å². The van der Waals surface area contributed by atoms with Crippen molar-refractivity contribution in [3.05, 3.63) is 71.3 Å². The molecule has 2 aromatic carbocycles. The van der Waals surface area contributed by atoms with Gasteiger partial charge in [0.05, 0.1) is 24.7 Å². The Morgan fingerprint density at radius 1 is 0.920 bits per heavy atom. The molecule has 1 fully saturated rings. The molecule has 1 saturated heterocycles. The highest BCUT2D eigenvalue weighted by Gasteiger charge is 2.30. The third-order valence-electron chi connectivity index (χ3n) is 4.98. The predicted octanol–water partition coefficient (Wildman–Crippen LogP) is 2.02. The molecule has 3 rings (SSSR count). The van der Waals surface area contributed by atoms with Gasteiger partial charge in [-0.25, -0.2) is 0 Å². The molecule has 0 atom stereocenters. The van der Waals surface area contributed by atoms with Crippen LogP contribution in [-0.4, -0.2) is 19.1 Å². The molecule has 0 radical (unpaired) electrons. The monoisotopic (exact) mass is 350 g/mol. The number of hydrogen-bond acceptors (Lipinski definition) is 0. The van der Waals surface area contributed by atoms with Gasteiger partial charge in [-0.1, -0.05) is 42.5 Å². The minimum atomic E-state index is -4.26. The van der Waals surface area contributed by atoms with Crippen molar-refractivity contribution in [2.24, 2.45) is 0 Å². The second kappa shape index (κ2) is 8.02. The first-order valence-corrected chi connectivity index (χ1v) is 8.87. The summed E-state index contributed by atoms with van der Waals surface area (Å²) in [5, 5.41) is 2.20. The summed E-state index contributed by atoms with van der Waals surface area (Å²) in [7, 11) is 0. The zero-order chi connectivity index (χ0) is 17.7. The van der Waals surface area contributed by atoms with Crippen molar-refractivity contribution in [1.82, 2.24) is 0 Å². The van der Waals surface area contributed by atoms with Crippen LogP contribution in [0.2, 0.25) is 0 Å². The molecule has 25 heavy (non-hydrogen) atoms. The number of nitrogens with one attached hydrogen (secondary N) is 1. The summed E-state index contributed by atoms with van der Waals surface area (Å²) in [6, 6.07) is 16.7. The van der Waals surface area contributed by atoms with Gasteiger partial charge >= 0.3 is 6.18 Å². The molecular formula is C20H25F3N2+2. The highest BCUT2D eigenvalue weighted by atomic mass is 19.4. The maximum atomic E-state index is 12.8. The molecular weight excluding hydrogens is 325 g/mol. The van der Waals surface area contributed by atoms with E-state index in [9.17, 15) is 13.2 Å². The van der Waals surface area contributed by atoms with Crippen LogP contribution >= 0.6 is 0 Å². The SMILES string of the molecule is FC(F)(F)c1cccc(C[NH2+]C2CC[NH+](Cc3ccccc3)CC2)c1. The van der Waals surface area contributed by atoms with Crippen LogP contribution < -0.4 is 10.2 Å². The number of rotatable bonds is 5. The molecule has 0 spiro atoms. The lowest BCUT2D eigenvalue weighted by molar-refractivity contribution is -0.926. The van der Waals surface area contributed by atoms with Crippen molar-refractivity contribution in [2.75, 3.05) is 13.1 Å². The average molecular weight is 350 g/mol. The Labute approximate surface area is 146 Å². The lowest BCUT2D eigenvalue weighted by atomic mass is 10.0. The summed E-state index contributed by atoms with van der Waals surface area (Å²) >= 11 is 0. The standard InChI is InChI=1S/C20H23F3N2/c21-20(22,23)18-8-4-7-17(13-18)14-24-19-9-11-25(12-10-19)15-16-5-2-1-3-6-16/h1-8,13,19,24H,9-12,14-15H2/p+2. The van der Waals surface area contributed by atoms with Crippen molar-refractivity contribution < 1.29 is 23.4 Å². The van der Waals surface area contributed by atoms with Crippen molar-refractivity contribution in [1.29, 1.82) is 0 Å². The molecule has 0 aliphatic carbocycles. The molecule has 2 aromatic rings. The van der Waals surface area contributed by atoms with Gasteiger partial charge in [0.15, 0.2) is 0 Å². The summed E-state index contributed by atoms with van der Waals surface area (Å²) < 4.78 is 38.3. The fraction of sp³-hybridized carbons (Fsp3) is 0.400. The highest BCUT2D eigenvalue weighted by Crippen LogP contribution is 2.29. The topological polar surface area (TPSA) is 21.1 Å². The number of hydrogen-bond donors (Lipinski definition) is 2. The molecule has 134 valence electrons. The molecule has 0 aromatic heterocycles. The Balaban J connectivity index is 1.45. The third kappa shape index (κ3) is 5.31. The van der Waals surface area contributed by atoms with Crippen LogP contribution in [-0.2, 0) is 19.3 Å². The molecule has 3 N–H and O–H groups in total. The predicted molar refractivity (Wildman–Crippen MR) is 90.9 cm³/mol. The summed E-state index contributed by atoms with van der Waals surface area (Å²) in [6.45, 7) is 3.92. The van der Waals surface area contributed by atoms with Gasteiger partial charge in [0, 0.05) is 24.0 Å². The Bertz CT molecular complexity index is 662. The summed E-state index contributed by atoms with van der Waals surface area (Å²) in [5.74, 6) is 0. The van der Waals surface area contributed by atoms with Gasteiger partial charge in [0.2, 0.25) is 0 Å². The quantitative estimate of drug-likeness (QED) is 0.823. The van der Waals surface area contributed by atoms with Crippen LogP contribution in [0.4, 0.5) is 13.2 Å². The van der Waals surface area contributed by atoms with Crippen LogP contribution in [0.5, 0.6) is 0 Å². The Hall–Kier alpha value is -1.85. The van der Waals surface area contributed by atoms with Crippen molar-refractivity contribution in [3.63, 3.8) is 0 Å². The molecule has 0 unspecified atom stereocenters. The van der Waals surface area contributed by atoms with E-state index in [0.717, 1.165) is 44.1 Å². The van der Waals surface area contributed by atoms with Gasteiger partial charge < -0.3 is 10.2 Å². The number of likely N-dealkylation sites (tertiary alicyclic amines) is 1. The van der Waals surface area contributed by atoms with Crippen molar-refractivity contribution in [2.45, 2.75) is 38.1 Å². The maximum absolute atomic E-state index is 12.8. The van der Waals surface area contributed by atoms with E-state index in [1.807, 2.05) is 6.07 Å². The molecule has 5 heteroatoms. The number of halogens is 3. The van der Waals surface area contributed by atoms with Crippen LogP contribution in [0, 0.1) is 0 Å². The van der Waals surface area contributed by atoms with Gasteiger partial charge in [-0.05, 0) is 12.1 Å². The Kier molecular flexibility index (Phi) is 5.76. The zero-order valence-electron chi connectivity index (χ0n) is 14.2. The lowest BCUT2D eigenvalue weighted by Gasteiger charge is -2.28. The van der Waals surface area contributed by atoms with E-state index in [1.165, 1.54) is 17.7 Å². The molecule has 0 bridgehead atoms. The van der Waals surface area contributed by atoms with E-state index in [-0.39, 0.29) is 0 Å². The summed E-state index contributed by atoms with van der Waals surface area (Å²) in [6.07, 6.45) is -2.04. The highest BCUT2D eigenvalue weighted by molar-refractivity contribution is 5.24. The Morgan fingerprint density at radius 3 is 2.28 bits per heavy atom. The average Bonchev–Trinajstić information content (AvgIpc) is 2.62. The van der Waals surface area contributed by atoms with Crippen molar-refractivity contribution in [3.8, 4) is 0 Å². The number of quaternary nitrogens is 2. The molecule has 1 aliphatic rings. The second-order valence-electron chi connectivity index (χ2n) is 6.89. The van der Waals surface area contributed by atoms with Gasteiger partial charge in [-0.2, -0.15) is 13.2 Å². The van der Waals surface area contributed by atoms with Crippen LogP contribution in [0.3, 0.4) is 0 Å². The maximum Gasteiger partial charge on any atom is 0.416 e. The van der Waals surface area contributed by atoms with Crippen LogP contribution in [0.25, 0.3) is 0 Å². The fourth-order valence-corrected chi connectivity index (χ4v) is 3.52. The van der Waals surface area contributed by atoms with Crippen LogP contribution in [0.1, 0.15) is 29.5 Å². The van der Waals surface area contributed by atoms with Gasteiger partial charge in [-0.15, -0.1) is 0 Å². The van der Waals surface area contributed by atoms with E-state index < -0.39 is 11.7 Å². The van der Waals surface area contributed by atoms with Crippen LogP contribution in [0.15, 0.2) is 54.6 Å². The second-order valence-corrected chi connectivity index (χ2v) is 6.89. The molecule has 1 heterocycles. The minimum absolute atomic E-state index is 0.508. The van der Waals surface area contributed by atoms with E-state index >= 15 is 0 Å². The third-order valence-corrected chi connectivity index (χ3v) is 4.98. The molecule has 0 saturated carbocycles.